The lowest BCUT2D eigenvalue weighted by Gasteiger charge is -2.10. The molecule has 4 nitrogen and oxygen atoms in total. The van der Waals surface area contributed by atoms with Gasteiger partial charge in [0.15, 0.2) is 0 Å². The Bertz CT molecular complexity index is 564. The fourth-order valence-electron chi connectivity index (χ4n) is 1.46. The summed E-state index contributed by atoms with van der Waals surface area (Å²) in [6.07, 6.45) is -5.68. The fraction of sp³-hybridized carbons (Fsp3) is 0.333. The van der Waals surface area contributed by atoms with Gasteiger partial charge in [-0.15, -0.1) is 0 Å². The first-order valence-electron chi connectivity index (χ1n) is 4.60. The maximum atomic E-state index is 12.6. The lowest BCUT2D eigenvalue weighted by atomic mass is 10.1. The Morgan fingerprint density at radius 1 is 1.47 bits per heavy atom. The van der Waals surface area contributed by atoms with Crippen molar-refractivity contribution >= 4 is 26.8 Å². The van der Waals surface area contributed by atoms with Gasteiger partial charge in [-0.3, -0.25) is 5.10 Å². The summed E-state index contributed by atoms with van der Waals surface area (Å²) in [5.41, 5.74) is -0.837. The molecule has 2 rings (SSSR count). The van der Waals surface area contributed by atoms with E-state index < -0.39 is 18.0 Å². The predicted molar refractivity (Wildman–Crippen MR) is 57.2 cm³/mol. The minimum Gasteiger partial charge on any atom is -0.387 e. The van der Waals surface area contributed by atoms with E-state index in [1.54, 1.807) is 0 Å². The lowest BCUT2D eigenvalue weighted by molar-refractivity contribution is -0.141. The minimum atomic E-state index is -4.56. The molecule has 0 fully saturated rings. The van der Waals surface area contributed by atoms with Crippen LogP contribution in [0.15, 0.2) is 10.7 Å². The first-order chi connectivity index (χ1) is 7.80. The zero-order valence-electron chi connectivity index (χ0n) is 8.51. The third kappa shape index (κ3) is 2.14. The molecular formula is C9H7BrF3N3O. The normalized spacial score (nSPS) is 14.2. The van der Waals surface area contributed by atoms with E-state index in [1.165, 1.54) is 6.92 Å². The van der Waals surface area contributed by atoms with E-state index in [9.17, 15) is 18.3 Å². The molecule has 0 aromatic carbocycles. The fourth-order valence-corrected chi connectivity index (χ4v) is 1.86. The number of hydrogen-bond donors (Lipinski definition) is 2. The van der Waals surface area contributed by atoms with Crippen LogP contribution in [-0.2, 0) is 6.18 Å². The number of fused-ring (bicyclic) bond motifs is 1. The van der Waals surface area contributed by atoms with Crippen LogP contribution in [0.25, 0.3) is 10.9 Å². The summed E-state index contributed by atoms with van der Waals surface area (Å²) in [7, 11) is 0. The van der Waals surface area contributed by atoms with Gasteiger partial charge in [0.05, 0.1) is 17.3 Å². The van der Waals surface area contributed by atoms with Gasteiger partial charge >= 0.3 is 6.18 Å². The molecule has 0 amide bonds. The number of aliphatic hydroxyl groups excluding tert-OH is 1. The highest BCUT2D eigenvalue weighted by atomic mass is 79.9. The molecule has 0 radical (unpaired) electrons. The minimum absolute atomic E-state index is 0.0759. The van der Waals surface area contributed by atoms with Gasteiger partial charge in [0.25, 0.3) is 0 Å². The van der Waals surface area contributed by atoms with Crippen LogP contribution >= 0.6 is 15.9 Å². The number of aliphatic hydroxyl groups is 1. The van der Waals surface area contributed by atoms with E-state index in [0.29, 0.717) is 5.52 Å². The molecule has 1 atom stereocenters. The third-order valence-electron chi connectivity index (χ3n) is 2.22. The number of halogens is 4. The number of rotatable bonds is 1. The lowest BCUT2D eigenvalue weighted by Crippen LogP contribution is -2.11. The van der Waals surface area contributed by atoms with Crippen LogP contribution in [0.3, 0.4) is 0 Å². The van der Waals surface area contributed by atoms with Gasteiger partial charge in [0, 0.05) is 5.39 Å². The van der Waals surface area contributed by atoms with Crippen molar-refractivity contribution in [1.29, 1.82) is 0 Å². The Morgan fingerprint density at radius 3 is 2.65 bits per heavy atom. The number of alkyl halides is 3. The van der Waals surface area contributed by atoms with Crippen LogP contribution in [0, 0.1) is 0 Å². The molecule has 2 heterocycles. The first-order valence-corrected chi connectivity index (χ1v) is 5.39. The number of H-pyrrole nitrogens is 1. The van der Waals surface area contributed by atoms with E-state index in [0.717, 1.165) is 6.07 Å². The number of nitrogens with zero attached hydrogens (tertiary/aromatic N) is 2. The zero-order chi connectivity index (χ0) is 12.8. The molecule has 92 valence electrons. The number of aromatic amines is 1. The molecule has 0 aliphatic heterocycles. The van der Waals surface area contributed by atoms with E-state index >= 15 is 0 Å². The van der Waals surface area contributed by atoms with E-state index in [4.69, 9.17) is 0 Å². The standard InChI is InChI=1S/C9H7BrF3N3O/c1-3(17)6-7-4(8(10)16-15-7)2-5(14-6)9(11,12)13/h2-3,17H,1H3,(H,15,16). The van der Waals surface area contributed by atoms with E-state index in [2.05, 4.69) is 31.1 Å². The largest absolute Gasteiger partial charge is 0.433 e. The van der Waals surface area contributed by atoms with Crippen molar-refractivity contribution in [3.63, 3.8) is 0 Å². The zero-order valence-corrected chi connectivity index (χ0v) is 10.1. The number of nitrogens with one attached hydrogen (secondary N) is 1. The van der Waals surface area contributed by atoms with Crippen molar-refractivity contribution in [3.8, 4) is 0 Å². The second-order valence-electron chi connectivity index (χ2n) is 3.50. The Labute approximate surface area is 102 Å². The molecule has 0 aliphatic rings. The molecule has 0 saturated carbocycles. The quantitative estimate of drug-likeness (QED) is 0.851. The molecule has 2 aromatic heterocycles. The van der Waals surface area contributed by atoms with E-state index in [-0.39, 0.29) is 15.7 Å². The molecule has 0 bridgehead atoms. The average Bonchev–Trinajstić information content (AvgIpc) is 2.58. The highest BCUT2D eigenvalue weighted by molar-refractivity contribution is 9.10. The third-order valence-corrected chi connectivity index (χ3v) is 2.83. The van der Waals surface area contributed by atoms with Gasteiger partial charge < -0.3 is 5.11 Å². The average molecular weight is 310 g/mol. The summed E-state index contributed by atoms with van der Waals surface area (Å²) in [5.74, 6) is 0. The smallest absolute Gasteiger partial charge is 0.387 e. The molecule has 0 aliphatic carbocycles. The molecule has 17 heavy (non-hydrogen) atoms. The number of aromatic nitrogens is 3. The van der Waals surface area contributed by atoms with Crippen molar-refractivity contribution in [2.24, 2.45) is 0 Å². The molecule has 8 heteroatoms. The summed E-state index contributed by atoms with van der Waals surface area (Å²) in [6, 6.07) is 0.884. The maximum Gasteiger partial charge on any atom is 0.433 e. The maximum absolute atomic E-state index is 12.6. The van der Waals surface area contributed by atoms with Crippen LogP contribution in [0.2, 0.25) is 0 Å². The van der Waals surface area contributed by atoms with Crippen molar-refractivity contribution in [2.75, 3.05) is 0 Å². The van der Waals surface area contributed by atoms with Crippen molar-refractivity contribution in [3.05, 3.63) is 22.1 Å². The van der Waals surface area contributed by atoms with Crippen molar-refractivity contribution < 1.29 is 18.3 Å². The van der Waals surface area contributed by atoms with Gasteiger partial charge in [-0.1, -0.05) is 0 Å². The van der Waals surface area contributed by atoms with Crippen LogP contribution in [0.5, 0.6) is 0 Å². The SMILES string of the molecule is CC(O)c1nc(C(F)(F)F)cc2c(Br)n[nH]c12. The van der Waals surface area contributed by atoms with Crippen LogP contribution < -0.4 is 0 Å². The Kier molecular flexibility index (Phi) is 2.86. The predicted octanol–water partition coefficient (Wildman–Crippen LogP) is 2.79. The summed E-state index contributed by atoms with van der Waals surface area (Å²) in [6.45, 7) is 1.34. The molecule has 0 spiro atoms. The highest BCUT2D eigenvalue weighted by Crippen LogP contribution is 2.34. The van der Waals surface area contributed by atoms with Gasteiger partial charge in [0.1, 0.15) is 10.3 Å². The summed E-state index contributed by atoms with van der Waals surface area (Å²) < 4.78 is 38.1. The molecule has 0 saturated heterocycles. The van der Waals surface area contributed by atoms with Crippen molar-refractivity contribution in [1.82, 2.24) is 15.2 Å². The van der Waals surface area contributed by atoms with Crippen LogP contribution in [0.4, 0.5) is 13.2 Å². The Balaban J connectivity index is 2.78. The summed E-state index contributed by atoms with van der Waals surface area (Å²) in [5, 5.41) is 15.9. The Hall–Kier alpha value is -1.15. The molecule has 2 N–H and O–H groups in total. The number of pyridine rings is 1. The monoisotopic (exact) mass is 309 g/mol. The molecule has 1 unspecified atom stereocenters. The molecular weight excluding hydrogens is 303 g/mol. The number of hydrogen-bond acceptors (Lipinski definition) is 3. The molecule has 2 aromatic rings. The summed E-state index contributed by atoms with van der Waals surface area (Å²) >= 11 is 3.03. The first kappa shape index (κ1) is 12.3. The topological polar surface area (TPSA) is 61.8 Å². The highest BCUT2D eigenvalue weighted by Gasteiger charge is 2.34. The van der Waals surface area contributed by atoms with Gasteiger partial charge in [-0.25, -0.2) is 4.98 Å². The van der Waals surface area contributed by atoms with Gasteiger partial charge in [-0.05, 0) is 28.9 Å². The van der Waals surface area contributed by atoms with Gasteiger partial charge in [0.2, 0.25) is 0 Å². The van der Waals surface area contributed by atoms with Crippen LogP contribution in [-0.4, -0.2) is 20.3 Å². The van der Waals surface area contributed by atoms with Crippen molar-refractivity contribution in [2.45, 2.75) is 19.2 Å². The second kappa shape index (κ2) is 3.95. The second-order valence-corrected chi connectivity index (χ2v) is 4.25. The van der Waals surface area contributed by atoms with Crippen LogP contribution in [0.1, 0.15) is 24.4 Å². The van der Waals surface area contributed by atoms with E-state index in [1.807, 2.05) is 0 Å². The summed E-state index contributed by atoms with van der Waals surface area (Å²) in [4.78, 5) is 3.42. The Morgan fingerprint density at radius 2 is 2.12 bits per heavy atom. The van der Waals surface area contributed by atoms with Gasteiger partial charge in [-0.2, -0.15) is 18.3 Å².